The fraction of sp³-hybridized carbons (Fsp3) is 0.333. The Bertz CT molecular complexity index is 1200. The molecule has 1 heterocycles. The summed E-state index contributed by atoms with van der Waals surface area (Å²) in [5.74, 6) is -0.278. The fourth-order valence-electron chi connectivity index (χ4n) is 4.66. The minimum Gasteiger partial charge on any atom is -0.487 e. The molecule has 0 radical (unpaired) electrons. The summed E-state index contributed by atoms with van der Waals surface area (Å²) < 4.78 is 6.33. The largest absolute Gasteiger partial charge is 0.487 e. The lowest BCUT2D eigenvalue weighted by Gasteiger charge is -2.24. The molecule has 1 atom stereocenters. The van der Waals surface area contributed by atoms with E-state index in [9.17, 15) is 14.7 Å². The maximum absolute atomic E-state index is 13.4. The maximum Gasteiger partial charge on any atom is 0.305 e. The number of hydrogen-bond acceptors (Lipinski definition) is 3. The third kappa shape index (κ3) is 6.10. The van der Waals surface area contributed by atoms with Gasteiger partial charge in [-0.1, -0.05) is 61.0 Å². The van der Waals surface area contributed by atoms with E-state index in [1.165, 1.54) is 11.1 Å². The predicted octanol–water partition coefficient (Wildman–Crippen LogP) is 5.61. The Morgan fingerprint density at radius 2 is 1.63 bits per heavy atom. The van der Waals surface area contributed by atoms with Crippen LogP contribution in [0.2, 0.25) is 0 Å². The Balaban J connectivity index is 1.50. The van der Waals surface area contributed by atoms with Gasteiger partial charge in [-0.25, -0.2) is 0 Å². The molecule has 0 spiro atoms. The number of carboxylic acid groups (broad SMARTS) is 1. The molecule has 3 aromatic carbocycles. The molecule has 5 heteroatoms. The van der Waals surface area contributed by atoms with Gasteiger partial charge in [0, 0.05) is 31.5 Å². The van der Waals surface area contributed by atoms with Crippen LogP contribution >= 0.6 is 0 Å². The number of amides is 1. The van der Waals surface area contributed by atoms with Crippen LogP contribution in [0.3, 0.4) is 0 Å². The lowest BCUT2D eigenvalue weighted by atomic mass is 9.91. The van der Waals surface area contributed by atoms with Gasteiger partial charge in [0.2, 0.25) is 0 Å². The molecule has 3 aromatic rings. The van der Waals surface area contributed by atoms with Gasteiger partial charge in [0.1, 0.15) is 11.4 Å². The number of ether oxygens (including phenoxy) is 1. The summed E-state index contributed by atoms with van der Waals surface area (Å²) in [6.45, 7) is 6.79. The number of nitrogens with zero attached hydrogens (tertiary/aromatic N) is 1. The van der Waals surface area contributed by atoms with Crippen molar-refractivity contribution in [2.45, 2.75) is 58.6 Å². The number of carbonyl (C=O) groups excluding carboxylic acids is 1. The molecule has 1 aliphatic rings. The molecule has 0 saturated heterocycles. The average Bonchev–Trinajstić information content (AvgIpc) is 3.17. The second kappa shape index (κ2) is 10.3. The van der Waals surface area contributed by atoms with E-state index in [4.69, 9.17) is 4.74 Å². The lowest BCUT2D eigenvalue weighted by Crippen LogP contribution is -2.33. The van der Waals surface area contributed by atoms with Crippen molar-refractivity contribution in [2.75, 3.05) is 6.54 Å². The van der Waals surface area contributed by atoms with Gasteiger partial charge in [-0.15, -0.1) is 0 Å². The molecule has 0 fully saturated rings. The smallest absolute Gasteiger partial charge is 0.305 e. The molecule has 5 nitrogen and oxygen atoms in total. The summed E-state index contributed by atoms with van der Waals surface area (Å²) in [5, 5.41) is 9.20. The van der Waals surface area contributed by atoms with Crippen LogP contribution in [0.4, 0.5) is 0 Å². The Hall–Kier alpha value is -3.60. The molecular weight excluding hydrogens is 438 g/mol. The Morgan fingerprint density at radius 3 is 2.29 bits per heavy atom. The number of carbonyl (C=O) groups is 2. The van der Waals surface area contributed by atoms with Crippen LogP contribution in [0, 0.1) is 6.92 Å². The summed E-state index contributed by atoms with van der Waals surface area (Å²) in [6, 6.07) is 22.2. The zero-order valence-electron chi connectivity index (χ0n) is 20.7. The standard InChI is InChI=1S/C30H33NO4/c1-4-22-9-11-23(12-10-22)18-30(3)19-26-17-25(13-14-27(26)35-30)29(34)31(16-15-28(32)33)20-24-7-5-21(2)6-8-24/h5-14,17H,4,15-16,18-20H2,1-3H3,(H,32,33)/t30-/m0/s1. The number of aliphatic carboxylic acids is 1. The van der Waals surface area contributed by atoms with Crippen LogP contribution in [0.25, 0.3) is 0 Å². The van der Waals surface area contributed by atoms with Gasteiger partial charge in [-0.05, 0) is 60.7 Å². The van der Waals surface area contributed by atoms with E-state index in [1.807, 2.05) is 43.3 Å². The van der Waals surface area contributed by atoms with Gasteiger partial charge in [0.25, 0.3) is 5.91 Å². The third-order valence-electron chi connectivity index (χ3n) is 6.61. The highest BCUT2D eigenvalue weighted by Gasteiger charge is 2.35. The minimum absolute atomic E-state index is 0.0967. The summed E-state index contributed by atoms with van der Waals surface area (Å²) in [4.78, 5) is 26.3. The molecule has 35 heavy (non-hydrogen) atoms. The molecule has 0 bridgehead atoms. The molecule has 1 N–H and O–H groups in total. The molecule has 0 aromatic heterocycles. The van der Waals surface area contributed by atoms with E-state index in [1.54, 1.807) is 11.0 Å². The molecule has 4 rings (SSSR count). The van der Waals surface area contributed by atoms with Crippen molar-refractivity contribution in [3.05, 3.63) is 100 Å². The maximum atomic E-state index is 13.4. The number of benzene rings is 3. The summed E-state index contributed by atoms with van der Waals surface area (Å²) in [6.07, 6.45) is 2.42. The molecule has 0 saturated carbocycles. The van der Waals surface area contributed by atoms with Crippen LogP contribution < -0.4 is 4.74 Å². The van der Waals surface area contributed by atoms with Crippen LogP contribution in [0.1, 0.15) is 58.4 Å². The van der Waals surface area contributed by atoms with Gasteiger partial charge in [-0.2, -0.15) is 0 Å². The number of rotatable bonds is 9. The van der Waals surface area contributed by atoms with Crippen molar-refractivity contribution >= 4 is 11.9 Å². The van der Waals surface area contributed by atoms with E-state index in [0.29, 0.717) is 18.5 Å². The van der Waals surface area contributed by atoms with Gasteiger partial charge in [0.05, 0.1) is 6.42 Å². The monoisotopic (exact) mass is 471 g/mol. The molecule has 0 unspecified atom stereocenters. The lowest BCUT2D eigenvalue weighted by molar-refractivity contribution is -0.137. The van der Waals surface area contributed by atoms with Crippen molar-refractivity contribution in [3.63, 3.8) is 0 Å². The second-order valence-corrected chi connectivity index (χ2v) is 9.75. The zero-order chi connectivity index (χ0) is 25.0. The summed E-state index contributed by atoms with van der Waals surface area (Å²) in [5.41, 5.74) is 5.85. The highest BCUT2D eigenvalue weighted by Crippen LogP contribution is 2.37. The predicted molar refractivity (Wildman–Crippen MR) is 137 cm³/mol. The quantitative estimate of drug-likeness (QED) is 0.440. The van der Waals surface area contributed by atoms with Gasteiger partial charge in [-0.3, -0.25) is 9.59 Å². The molecule has 182 valence electrons. The second-order valence-electron chi connectivity index (χ2n) is 9.75. The van der Waals surface area contributed by atoms with E-state index in [0.717, 1.165) is 35.3 Å². The van der Waals surface area contributed by atoms with Crippen molar-refractivity contribution < 1.29 is 19.4 Å². The first-order chi connectivity index (χ1) is 16.7. The van der Waals surface area contributed by atoms with E-state index >= 15 is 0 Å². The number of hydrogen-bond donors (Lipinski definition) is 1. The fourth-order valence-corrected chi connectivity index (χ4v) is 4.66. The van der Waals surface area contributed by atoms with Gasteiger partial charge < -0.3 is 14.7 Å². The van der Waals surface area contributed by atoms with Crippen molar-refractivity contribution in [1.82, 2.24) is 4.90 Å². The summed E-state index contributed by atoms with van der Waals surface area (Å²) >= 11 is 0. The molecule has 1 aliphatic heterocycles. The van der Waals surface area contributed by atoms with E-state index in [-0.39, 0.29) is 24.5 Å². The van der Waals surface area contributed by atoms with Gasteiger partial charge in [0.15, 0.2) is 0 Å². The van der Waals surface area contributed by atoms with Gasteiger partial charge >= 0.3 is 5.97 Å². The molecule has 1 amide bonds. The number of fused-ring (bicyclic) bond motifs is 1. The normalized spacial score (nSPS) is 16.4. The number of aryl methyl sites for hydroxylation is 2. The average molecular weight is 472 g/mol. The number of carboxylic acids is 1. The Labute approximate surface area is 207 Å². The highest BCUT2D eigenvalue weighted by atomic mass is 16.5. The van der Waals surface area contributed by atoms with E-state index in [2.05, 4.69) is 38.1 Å². The molecular formula is C30H33NO4. The van der Waals surface area contributed by atoms with Crippen LogP contribution in [-0.2, 0) is 30.6 Å². The Morgan fingerprint density at radius 1 is 0.971 bits per heavy atom. The van der Waals surface area contributed by atoms with Crippen molar-refractivity contribution in [3.8, 4) is 5.75 Å². The van der Waals surface area contributed by atoms with Crippen LogP contribution in [0.15, 0.2) is 66.7 Å². The first-order valence-electron chi connectivity index (χ1n) is 12.2. The van der Waals surface area contributed by atoms with Crippen molar-refractivity contribution in [2.24, 2.45) is 0 Å². The molecule has 0 aliphatic carbocycles. The summed E-state index contributed by atoms with van der Waals surface area (Å²) in [7, 11) is 0. The van der Waals surface area contributed by atoms with E-state index < -0.39 is 5.97 Å². The first-order valence-corrected chi connectivity index (χ1v) is 12.2. The SMILES string of the molecule is CCc1ccc(C[C@@]2(C)Cc3cc(C(=O)N(CCC(=O)O)Cc4ccc(C)cc4)ccc3O2)cc1. The minimum atomic E-state index is -0.920. The van der Waals surface area contributed by atoms with Crippen molar-refractivity contribution in [1.29, 1.82) is 0 Å². The zero-order valence-corrected chi connectivity index (χ0v) is 20.7. The topological polar surface area (TPSA) is 66.8 Å². The van der Waals surface area contributed by atoms with Crippen LogP contribution in [-0.4, -0.2) is 34.0 Å². The Kier molecular flexibility index (Phi) is 7.25. The third-order valence-corrected chi connectivity index (χ3v) is 6.61. The highest BCUT2D eigenvalue weighted by molar-refractivity contribution is 5.95. The first kappa shape index (κ1) is 24.5. The van der Waals surface area contributed by atoms with Crippen LogP contribution in [0.5, 0.6) is 5.75 Å².